The minimum absolute atomic E-state index is 0.0572. The zero-order valence-corrected chi connectivity index (χ0v) is 19.2. The van der Waals surface area contributed by atoms with Gasteiger partial charge in [-0.05, 0) is 49.4 Å². The lowest BCUT2D eigenvalue weighted by atomic mass is 9.98. The van der Waals surface area contributed by atoms with Gasteiger partial charge >= 0.3 is 0 Å². The molecule has 1 amide bonds. The monoisotopic (exact) mass is 460 g/mol. The molecule has 3 heterocycles. The molecule has 0 bridgehead atoms. The van der Waals surface area contributed by atoms with Gasteiger partial charge in [-0.25, -0.2) is 14.4 Å². The Labute approximate surface area is 196 Å². The van der Waals surface area contributed by atoms with Crippen molar-refractivity contribution in [3.8, 4) is 21.7 Å². The van der Waals surface area contributed by atoms with Crippen molar-refractivity contribution in [2.24, 2.45) is 0 Å². The van der Waals surface area contributed by atoms with Crippen LogP contribution in [0.1, 0.15) is 40.6 Å². The molecule has 7 heteroatoms. The van der Waals surface area contributed by atoms with Crippen LogP contribution in [-0.4, -0.2) is 38.3 Å². The molecule has 1 aliphatic heterocycles. The van der Waals surface area contributed by atoms with Crippen LogP contribution in [0.25, 0.3) is 21.7 Å². The number of hydrogen-bond donors (Lipinski definition) is 1. The first-order valence-electron chi connectivity index (χ1n) is 11.2. The number of H-pyrrole nitrogens is 1. The number of amides is 1. The standard InChI is InChI=1S/C26H25FN4OS/c1-17-29-24(25(33-17)19-10-12-20(27)13-11-19)26(32)31-14-6-5-9-21(31)15-23-28-16-22(30-23)18-7-3-2-4-8-18/h2-4,7-8,10-13,16,21H,5-6,9,14-15H2,1H3,(H,28,30). The Morgan fingerprint density at radius 1 is 1.12 bits per heavy atom. The Balaban J connectivity index is 1.39. The molecule has 168 valence electrons. The van der Waals surface area contributed by atoms with Crippen LogP contribution in [0.15, 0.2) is 60.8 Å². The molecule has 5 rings (SSSR count). The molecule has 5 nitrogen and oxygen atoms in total. The van der Waals surface area contributed by atoms with Crippen molar-refractivity contribution < 1.29 is 9.18 Å². The minimum Gasteiger partial charge on any atom is -0.342 e. The number of imidazole rings is 1. The van der Waals surface area contributed by atoms with Crippen LogP contribution in [0.4, 0.5) is 4.39 Å². The highest BCUT2D eigenvalue weighted by Crippen LogP contribution is 2.33. The zero-order chi connectivity index (χ0) is 22.8. The molecule has 0 aliphatic carbocycles. The second-order valence-corrected chi connectivity index (χ2v) is 9.58. The third-order valence-electron chi connectivity index (χ3n) is 6.07. The van der Waals surface area contributed by atoms with E-state index in [2.05, 4.69) is 27.1 Å². The summed E-state index contributed by atoms with van der Waals surface area (Å²) in [6.07, 6.45) is 5.53. The quantitative estimate of drug-likeness (QED) is 0.404. The summed E-state index contributed by atoms with van der Waals surface area (Å²) in [6.45, 7) is 2.60. The molecule has 4 aromatic rings. The molecule has 2 aromatic carbocycles. The van der Waals surface area contributed by atoms with Gasteiger partial charge in [-0.15, -0.1) is 11.3 Å². The molecule has 2 aromatic heterocycles. The Hall–Kier alpha value is -3.32. The largest absolute Gasteiger partial charge is 0.342 e. The van der Waals surface area contributed by atoms with Gasteiger partial charge in [0, 0.05) is 19.0 Å². The molecular formula is C26H25FN4OS. The number of piperidine rings is 1. The van der Waals surface area contributed by atoms with Crippen LogP contribution < -0.4 is 0 Å². The number of aromatic nitrogens is 3. The number of nitrogens with zero attached hydrogens (tertiary/aromatic N) is 3. The van der Waals surface area contributed by atoms with Gasteiger partial charge in [0.05, 0.1) is 21.8 Å². The van der Waals surface area contributed by atoms with Crippen molar-refractivity contribution in [3.05, 3.63) is 83.1 Å². The van der Waals surface area contributed by atoms with E-state index in [1.54, 1.807) is 12.1 Å². The van der Waals surface area contributed by atoms with Crippen LogP contribution in [0.5, 0.6) is 0 Å². The van der Waals surface area contributed by atoms with Crippen LogP contribution >= 0.6 is 11.3 Å². The Bertz CT molecular complexity index is 1250. The highest BCUT2D eigenvalue weighted by atomic mass is 32.1. The molecule has 0 radical (unpaired) electrons. The zero-order valence-electron chi connectivity index (χ0n) is 18.4. The number of thiazole rings is 1. The number of carbonyl (C=O) groups excluding carboxylic acids is 1. The topological polar surface area (TPSA) is 61.9 Å². The first-order chi connectivity index (χ1) is 16.1. The maximum Gasteiger partial charge on any atom is 0.274 e. The van der Waals surface area contributed by atoms with Crippen molar-refractivity contribution in [1.82, 2.24) is 19.9 Å². The third kappa shape index (κ3) is 4.59. The van der Waals surface area contributed by atoms with Gasteiger partial charge in [0.15, 0.2) is 0 Å². The van der Waals surface area contributed by atoms with Crippen LogP contribution in [-0.2, 0) is 6.42 Å². The molecule has 1 saturated heterocycles. The van der Waals surface area contributed by atoms with Crippen LogP contribution in [0.3, 0.4) is 0 Å². The van der Waals surface area contributed by atoms with Crippen molar-refractivity contribution in [2.75, 3.05) is 6.54 Å². The molecule has 1 aliphatic rings. The molecule has 0 saturated carbocycles. The third-order valence-corrected chi connectivity index (χ3v) is 7.09. The average Bonchev–Trinajstić information content (AvgIpc) is 3.47. The Morgan fingerprint density at radius 3 is 2.70 bits per heavy atom. The SMILES string of the molecule is Cc1nc(C(=O)N2CCCCC2Cc2ncc(-c3ccccc3)[nH]2)c(-c2ccc(F)cc2)s1. The van der Waals surface area contributed by atoms with E-state index in [0.717, 1.165) is 51.8 Å². The second kappa shape index (κ2) is 9.27. The molecule has 1 N–H and O–H groups in total. The maximum absolute atomic E-state index is 13.7. The number of hydrogen-bond acceptors (Lipinski definition) is 4. The molecule has 1 atom stereocenters. The van der Waals surface area contributed by atoms with E-state index < -0.39 is 0 Å². The highest BCUT2D eigenvalue weighted by molar-refractivity contribution is 7.15. The number of aromatic amines is 1. The van der Waals surface area contributed by atoms with Crippen LogP contribution in [0, 0.1) is 12.7 Å². The van der Waals surface area contributed by atoms with Crippen molar-refractivity contribution in [1.29, 1.82) is 0 Å². The number of benzene rings is 2. The molecule has 0 spiro atoms. The summed E-state index contributed by atoms with van der Waals surface area (Å²) in [7, 11) is 0. The molecule has 1 fully saturated rings. The predicted octanol–water partition coefficient (Wildman–Crippen LogP) is 5.89. The van der Waals surface area contributed by atoms with E-state index in [4.69, 9.17) is 0 Å². The van der Waals surface area contributed by atoms with Gasteiger partial charge in [-0.3, -0.25) is 4.79 Å². The van der Waals surface area contributed by atoms with Crippen molar-refractivity contribution in [3.63, 3.8) is 0 Å². The van der Waals surface area contributed by atoms with E-state index in [9.17, 15) is 9.18 Å². The summed E-state index contributed by atoms with van der Waals surface area (Å²) in [5.74, 6) is 0.530. The van der Waals surface area contributed by atoms with Gasteiger partial charge in [-0.1, -0.05) is 42.5 Å². The lowest BCUT2D eigenvalue weighted by molar-refractivity contribution is 0.0606. The summed E-state index contributed by atoms with van der Waals surface area (Å²) in [5.41, 5.74) is 3.35. The van der Waals surface area contributed by atoms with Crippen molar-refractivity contribution in [2.45, 2.75) is 38.6 Å². The summed E-state index contributed by atoms with van der Waals surface area (Å²) in [4.78, 5) is 29.0. The Morgan fingerprint density at radius 2 is 1.91 bits per heavy atom. The number of nitrogens with one attached hydrogen (secondary N) is 1. The van der Waals surface area contributed by atoms with Gasteiger partial charge in [0.1, 0.15) is 17.3 Å². The summed E-state index contributed by atoms with van der Waals surface area (Å²) < 4.78 is 13.4. The number of aryl methyl sites for hydroxylation is 1. The fraction of sp³-hybridized carbons (Fsp3) is 0.269. The highest BCUT2D eigenvalue weighted by Gasteiger charge is 2.31. The second-order valence-electron chi connectivity index (χ2n) is 8.38. The van der Waals surface area contributed by atoms with E-state index in [0.29, 0.717) is 18.7 Å². The minimum atomic E-state index is -0.294. The fourth-order valence-corrected chi connectivity index (χ4v) is 5.35. The summed E-state index contributed by atoms with van der Waals surface area (Å²) >= 11 is 1.47. The molecule has 1 unspecified atom stereocenters. The number of likely N-dealkylation sites (tertiary alicyclic amines) is 1. The first kappa shape index (κ1) is 21.5. The first-order valence-corrected chi connectivity index (χ1v) is 12.0. The smallest absolute Gasteiger partial charge is 0.274 e. The summed E-state index contributed by atoms with van der Waals surface area (Å²) in [6, 6.07) is 16.4. The molecular weight excluding hydrogens is 435 g/mol. The Kier molecular flexibility index (Phi) is 6.05. The van der Waals surface area contributed by atoms with Gasteiger partial charge < -0.3 is 9.88 Å². The van der Waals surface area contributed by atoms with E-state index >= 15 is 0 Å². The lowest BCUT2D eigenvalue weighted by Gasteiger charge is -2.35. The predicted molar refractivity (Wildman–Crippen MR) is 129 cm³/mol. The fourth-order valence-electron chi connectivity index (χ4n) is 4.44. The van der Waals surface area contributed by atoms with Gasteiger partial charge in [0.2, 0.25) is 0 Å². The van der Waals surface area contributed by atoms with Gasteiger partial charge in [0.25, 0.3) is 5.91 Å². The molecule has 33 heavy (non-hydrogen) atoms. The van der Waals surface area contributed by atoms with Gasteiger partial charge in [-0.2, -0.15) is 0 Å². The van der Waals surface area contributed by atoms with E-state index in [-0.39, 0.29) is 17.8 Å². The van der Waals surface area contributed by atoms with E-state index in [1.165, 1.54) is 23.5 Å². The van der Waals surface area contributed by atoms with Crippen molar-refractivity contribution >= 4 is 17.2 Å². The maximum atomic E-state index is 13.7. The normalized spacial score (nSPS) is 16.2. The summed E-state index contributed by atoms with van der Waals surface area (Å²) in [5, 5.41) is 0.824. The van der Waals surface area contributed by atoms with E-state index in [1.807, 2.05) is 36.2 Å². The average molecular weight is 461 g/mol. The van der Waals surface area contributed by atoms with Crippen LogP contribution in [0.2, 0.25) is 0 Å². The lowest BCUT2D eigenvalue weighted by Crippen LogP contribution is -2.45. The number of carbonyl (C=O) groups is 1. The number of halogens is 1. The number of rotatable bonds is 5.